The van der Waals surface area contributed by atoms with Crippen LogP contribution in [0.15, 0.2) is 58.1 Å². The summed E-state index contributed by atoms with van der Waals surface area (Å²) in [5.74, 6) is -0.982. The van der Waals surface area contributed by atoms with Crippen molar-refractivity contribution >= 4 is 40.1 Å². The van der Waals surface area contributed by atoms with Crippen molar-refractivity contribution in [2.24, 2.45) is 4.99 Å². The van der Waals surface area contributed by atoms with E-state index in [2.05, 4.69) is 20.9 Å². The maximum absolute atomic E-state index is 13.0. The van der Waals surface area contributed by atoms with E-state index >= 15 is 0 Å². The van der Waals surface area contributed by atoms with Gasteiger partial charge in [0.15, 0.2) is 12.2 Å². The first-order valence-electron chi connectivity index (χ1n) is 12.8. The Bertz CT molecular complexity index is 1530. The van der Waals surface area contributed by atoms with Crippen molar-refractivity contribution in [3.8, 4) is 12.1 Å². The Kier molecular flexibility index (Phi) is 9.56. The molecule has 4 rings (SSSR count). The third kappa shape index (κ3) is 6.65. The SMILES string of the molecule is CCO/C=N/c1c(C#N)c(C#N)c(Br)n1C1CC(OC(=O)c2ccc(C)cc2)C(COC(=O)c2ccc(C)cc2)O1. The number of halogens is 1. The number of aromatic nitrogens is 1. The molecule has 0 saturated carbocycles. The Balaban J connectivity index is 1.64. The summed E-state index contributed by atoms with van der Waals surface area (Å²) in [5, 5.41) is 19.5. The highest BCUT2D eigenvalue weighted by molar-refractivity contribution is 9.10. The van der Waals surface area contributed by atoms with Gasteiger partial charge in [0.05, 0.1) is 17.7 Å². The largest absolute Gasteiger partial charge is 0.483 e. The fourth-order valence-corrected chi connectivity index (χ4v) is 4.95. The maximum atomic E-state index is 13.0. The molecule has 2 aromatic carbocycles. The van der Waals surface area contributed by atoms with Crippen LogP contribution in [0.2, 0.25) is 0 Å². The molecule has 3 unspecified atom stereocenters. The molecule has 3 aromatic rings. The molecule has 0 N–H and O–H groups in total. The van der Waals surface area contributed by atoms with E-state index in [1.807, 2.05) is 26.0 Å². The molecule has 10 nitrogen and oxygen atoms in total. The first-order valence-corrected chi connectivity index (χ1v) is 13.6. The lowest BCUT2D eigenvalue weighted by atomic mass is 10.1. The molecule has 11 heteroatoms. The quantitative estimate of drug-likeness (QED) is 0.170. The first kappa shape index (κ1) is 29.5. The van der Waals surface area contributed by atoms with Gasteiger partial charge < -0.3 is 18.9 Å². The molecule has 0 bridgehead atoms. The molecular weight excluding hydrogens is 592 g/mol. The smallest absolute Gasteiger partial charge is 0.338 e. The Morgan fingerprint density at radius 3 is 2.17 bits per heavy atom. The van der Waals surface area contributed by atoms with E-state index in [0.29, 0.717) is 17.7 Å². The molecule has 1 aliphatic rings. The molecule has 210 valence electrons. The van der Waals surface area contributed by atoms with Crippen LogP contribution in [-0.4, -0.2) is 48.3 Å². The summed E-state index contributed by atoms with van der Waals surface area (Å²) in [6.45, 7) is 5.75. The Labute approximate surface area is 245 Å². The van der Waals surface area contributed by atoms with Gasteiger partial charge in [-0.2, -0.15) is 10.5 Å². The molecule has 1 fully saturated rings. The number of aryl methyl sites for hydroxylation is 2. The van der Waals surface area contributed by atoms with E-state index in [0.717, 1.165) is 11.1 Å². The van der Waals surface area contributed by atoms with Crippen molar-refractivity contribution in [2.45, 2.75) is 45.6 Å². The highest BCUT2D eigenvalue weighted by Crippen LogP contribution is 2.41. The molecule has 0 aliphatic carbocycles. The van der Waals surface area contributed by atoms with Crippen molar-refractivity contribution in [1.29, 1.82) is 10.5 Å². The fourth-order valence-electron chi connectivity index (χ4n) is 4.27. The number of rotatable bonds is 9. The van der Waals surface area contributed by atoms with Gasteiger partial charge in [-0.25, -0.2) is 14.6 Å². The van der Waals surface area contributed by atoms with Crippen LogP contribution < -0.4 is 0 Å². The number of ether oxygens (including phenoxy) is 4. The molecule has 0 radical (unpaired) electrons. The van der Waals surface area contributed by atoms with Gasteiger partial charge in [-0.1, -0.05) is 35.4 Å². The summed E-state index contributed by atoms with van der Waals surface area (Å²) in [7, 11) is 0. The van der Waals surface area contributed by atoms with Crippen molar-refractivity contribution in [1.82, 2.24) is 4.57 Å². The molecule has 1 aromatic heterocycles. The van der Waals surface area contributed by atoms with Crippen LogP contribution in [-0.2, 0) is 18.9 Å². The minimum atomic E-state index is -0.849. The number of carbonyl (C=O) groups excluding carboxylic acids is 2. The number of benzene rings is 2. The molecule has 2 heterocycles. The lowest BCUT2D eigenvalue weighted by Gasteiger charge is -2.19. The summed E-state index contributed by atoms with van der Waals surface area (Å²) in [6, 6.07) is 17.9. The van der Waals surface area contributed by atoms with Crippen LogP contribution in [0.5, 0.6) is 0 Å². The second kappa shape index (κ2) is 13.3. The van der Waals surface area contributed by atoms with Crippen LogP contribution in [0.25, 0.3) is 0 Å². The van der Waals surface area contributed by atoms with Crippen LogP contribution in [0.3, 0.4) is 0 Å². The molecule has 41 heavy (non-hydrogen) atoms. The average Bonchev–Trinajstić information content (AvgIpc) is 3.48. The van der Waals surface area contributed by atoms with Gasteiger partial charge in [0.2, 0.25) is 0 Å². The monoisotopic (exact) mass is 618 g/mol. The van der Waals surface area contributed by atoms with Crippen molar-refractivity contribution in [3.05, 3.63) is 86.5 Å². The van der Waals surface area contributed by atoms with Crippen molar-refractivity contribution in [3.63, 3.8) is 0 Å². The predicted molar refractivity (Wildman–Crippen MR) is 152 cm³/mol. The van der Waals surface area contributed by atoms with Gasteiger partial charge >= 0.3 is 11.9 Å². The van der Waals surface area contributed by atoms with E-state index in [-0.39, 0.29) is 34.6 Å². The number of hydrogen-bond acceptors (Lipinski definition) is 9. The molecule has 1 aliphatic heterocycles. The van der Waals surface area contributed by atoms with Crippen LogP contribution in [0.4, 0.5) is 5.82 Å². The minimum Gasteiger partial charge on any atom is -0.483 e. The first-order chi connectivity index (χ1) is 19.8. The van der Waals surface area contributed by atoms with Crippen LogP contribution >= 0.6 is 15.9 Å². The van der Waals surface area contributed by atoms with E-state index in [9.17, 15) is 20.1 Å². The van der Waals surface area contributed by atoms with E-state index in [1.165, 1.54) is 11.0 Å². The van der Waals surface area contributed by atoms with Crippen molar-refractivity contribution in [2.75, 3.05) is 13.2 Å². The lowest BCUT2D eigenvalue weighted by Crippen LogP contribution is -2.32. The van der Waals surface area contributed by atoms with E-state index in [4.69, 9.17) is 18.9 Å². The van der Waals surface area contributed by atoms with Gasteiger partial charge in [-0.3, -0.25) is 4.57 Å². The third-order valence-electron chi connectivity index (χ3n) is 6.44. The topological polar surface area (TPSA) is 136 Å². The normalized spacial score (nSPS) is 18.0. The highest BCUT2D eigenvalue weighted by Gasteiger charge is 2.42. The number of carbonyl (C=O) groups is 2. The average molecular weight is 619 g/mol. The van der Waals surface area contributed by atoms with Gasteiger partial charge in [-0.05, 0) is 61.0 Å². The molecule has 3 atom stereocenters. The number of aliphatic imine (C=N–C) groups is 1. The standard InChI is InChI=1S/C30H27BrN4O6/c1-4-38-17-34-28-23(15-33)22(14-32)27(31)35(28)26-13-24(41-30(37)21-11-7-19(3)8-12-21)25(40-26)16-39-29(36)20-9-5-18(2)6-10-20/h5-12,17,24-26H,4,13,16H2,1-3H3/b34-17+. The minimum absolute atomic E-state index is 0.0291. The van der Waals surface area contributed by atoms with E-state index < -0.39 is 30.4 Å². The highest BCUT2D eigenvalue weighted by atomic mass is 79.9. The number of hydrogen-bond donors (Lipinski definition) is 0. The second-order valence-corrected chi connectivity index (χ2v) is 10.0. The maximum Gasteiger partial charge on any atom is 0.338 e. The Hall–Kier alpha value is -4.45. The Morgan fingerprint density at radius 1 is 1.02 bits per heavy atom. The third-order valence-corrected chi connectivity index (χ3v) is 7.22. The molecule has 1 saturated heterocycles. The zero-order valence-electron chi connectivity index (χ0n) is 22.7. The zero-order valence-corrected chi connectivity index (χ0v) is 24.3. The summed E-state index contributed by atoms with van der Waals surface area (Å²) in [4.78, 5) is 30.0. The summed E-state index contributed by atoms with van der Waals surface area (Å²) < 4.78 is 24.7. The summed E-state index contributed by atoms with van der Waals surface area (Å²) in [5.41, 5.74) is 2.82. The fraction of sp³-hybridized carbons (Fsp3) is 0.300. The Morgan fingerprint density at radius 2 is 1.61 bits per heavy atom. The molecular formula is C30H27BrN4O6. The van der Waals surface area contributed by atoms with Gasteiger partial charge in [0.1, 0.15) is 52.9 Å². The van der Waals surface area contributed by atoms with Crippen LogP contribution in [0, 0.1) is 36.5 Å². The predicted octanol–water partition coefficient (Wildman–Crippen LogP) is 5.68. The molecule has 0 spiro atoms. The zero-order chi connectivity index (χ0) is 29.5. The van der Waals surface area contributed by atoms with Crippen LogP contribution in [0.1, 0.15) is 62.5 Å². The van der Waals surface area contributed by atoms with Crippen molar-refractivity contribution < 1.29 is 28.5 Å². The second-order valence-electron chi connectivity index (χ2n) is 9.29. The number of esters is 2. The van der Waals surface area contributed by atoms with Gasteiger partial charge in [0.25, 0.3) is 0 Å². The number of nitrogens with zero attached hydrogens (tertiary/aromatic N) is 4. The van der Waals surface area contributed by atoms with E-state index in [1.54, 1.807) is 55.5 Å². The van der Waals surface area contributed by atoms with Gasteiger partial charge in [0, 0.05) is 6.42 Å². The lowest BCUT2D eigenvalue weighted by molar-refractivity contribution is -0.0571. The van der Waals surface area contributed by atoms with Gasteiger partial charge in [-0.15, -0.1) is 0 Å². The number of nitriles is 2. The molecule has 0 amide bonds. The summed E-state index contributed by atoms with van der Waals surface area (Å²) >= 11 is 3.41. The summed E-state index contributed by atoms with van der Waals surface area (Å²) in [6.07, 6.45) is -1.19.